The van der Waals surface area contributed by atoms with Crippen LogP contribution in [-0.2, 0) is 16.6 Å². The highest BCUT2D eigenvalue weighted by molar-refractivity contribution is 6.09. The minimum atomic E-state index is -0.589. The zero-order valence-corrected chi connectivity index (χ0v) is 18.7. The third-order valence-electron chi connectivity index (χ3n) is 6.42. The number of rotatable bonds is 3. The number of aromatic nitrogens is 4. The number of nitrogens with zero attached hydrogens (tertiary/aromatic N) is 7. The summed E-state index contributed by atoms with van der Waals surface area (Å²) in [6, 6.07) is 7.87. The molecule has 1 aromatic carbocycles. The lowest BCUT2D eigenvalue weighted by molar-refractivity contribution is -0.140. The third-order valence-corrected chi connectivity index (χ3v) is 6.42. The molecule has 1 unspecified atom stereocenters. The molecule has 2 fully saturated rings. The van der Waals surface area contributed by atoms with E-state index in [1.165, 1.54) is 0 Å². The van der Waals surface area contributed by atoms with Crippen LogP contribution in [0.4, 0.5) is 11.5 Å². The van der Waals surface area contributed by atoms with E-state index in [4.69, 9.17) is 0 Å². The molecule has 2 aliphatic rings. The van der Waals surface area contributed by atoms with Crippen LogP contribution in [0.5, 0.6) is 0 Å². The summed E-state index contributed by atoms with van der Waals surface area (Å²) in [5, 5.41) is 5.23. The number of aryl methyl sites for hydroxylation is 3. The van der Waals surface area contributed by atoms with E-state index in [0.29, 0.717) is 45.0 Å². The Balaban J connectivity index is 1.26. The Morgan fingerprint density at radius 1 is 1.00 bits per heavy atom. The molecule has 2 amide bonds. The second kappa shape index (κ2) is 7.89. The number of hydrogen-bond acceptors (Lipinski definition) is 6. The highest BCUT2D eigenvalue weighted by atomic mass is 16.2. The molecule has 0 spiro atoms. The van der Waals surface area contributed by atoms with Crippen LogP contribution < -0.4 is 9.80 Å². The van der Waals surface area contributed by atoms with Gasteiger partial charge in [0, 0.05) is 45.5 Å². The maximum atomic E-state index is 13.2. The largest absolute Gasteiger partial charge is 0.352 e. The Bertz CT molecular complexity index is 1180. The number of carbonyl (C=O) groups excluding carboxylic acids is 2. The average Bonchev–Trinajstić information content (AvgIpc) is 3.36. The molecule has 9 heteroatoms. The summed E-state index contributed by atoms with van der Waals surface area (Å²) >= 11 is 0. The topological polar surface area (TPSA) is 87.5 Å². The van der Waals surface area contributed by atoms with Gasteiger partial charge in [-0.25, -0.2) is 9.97 Å². The van der Waals surface area contributed by atoms with Gasteiger partial charge in [0.15, 0.2) is 5.65 Å². The van der Waals surface area contributed by atoms with Crippen LogP contribution in [0, 0.1) is 19.8 Å². The molecule has 32 heavy (non-hydrogen) atoms. The summed E-state index contributed by atoms with van der Waals surface area (Å²) in [6.45, 7) is 6.93. The smallest absolute Gasteiger partial charge is 0.239 e. The predicted molar refractivity (Wildman–Crippen MR) is 121 cm³/mol. The van der Waals surface area contributed by atoms with Crippen LogP contribution in [-0.4, -0.2) is 69.2 Å². The first-order chi connectivity index (χ1) is 15.4. The van der Waals surface area contributed by atoms with Crippen molar-refractivity contribution < 1.29 is 9.59 Å². The molecule has 0 aliphatic carbocycles. The highest BCUT2D eigenvalue weighted by Crippen LogP contribution is 2.28. The normalized spacial score (nSPS) is 19.3. The number of benzene rings is 1. The molecule has 166 valence electrons. The van der Waals surface area contributed by atoms with E-state index in [-0.39, 0.29) is 11.8 Å². The molecule has 0 saturated carbocycles. The van der Waals surface area contributed by atoms with Gasteiger partial charge in [-0.15, -0.1) is 0 Å². The summed E-state index contributed by atoms with van der Waals surface area (Å²) in [4.78, 5) is 41.0. The number of carbonyl (C=O) groups is 2. The zero-order chi connectivity index (χ0) is 22.4. The first-order valence-corrected chi connectivity index (χ1v) is 11.0. The fourth-order valence-electron chi connectivity index (χ4n) is 4.60. The monoisotopic (exact) mass is 433 g/mol. The van der Waals surface area contributed by atoms with Gasteiger partial charge in [0.1, 0.15) is 17.6 Å². The first-order valence-electron chi connectivity index (χ1n) is 11.0. The molecule has 1 atom stereocenters. The molecule has 3 aromatic rings. The Kier molecular flexibility index (Phi) is 5.03. The Labute approximate surface area is 186 Å². The second-order valence-electron chi connectivity index (χ2n) is 8.58. The summed E-state index contributed by atoms with van der Waals surface area (Å²) in [5.74, 6) is 0.811. The van der Waals surface area contributed by atoms with E-state index in [2.05, 4.69) is 20.0 Å². The molecular formula is C23H27N7O2. The molecule has 9 nitrogen and oxygen atoms in total. The summed E-state index contributed by atoms with van der Waals surface area (Å²) in [5.41, 5.74) is 2.81. The highest BCUT2D eigenvalue weighted by Gasteiger charge is 2.40. The standard InChI is InChI=1S/C23H27N7O2/c1-15-4-6-17(7-5-15)30-9-8-18(23(30)32)22(31)29-12-10-28(11-13-29)21-19-14-24-27(3)20(19)25-16(2)26-21/h4-7,14,18H,8-13H2,1-3H3. The van der Waals surface area contributed by atoms with Gasteiger partial charge in [-0.3, -0.25) is 14.3 Å². The zero-order valence-electron chi connectivity index (χ0n) is 18.7. The van der Waals surface area contributed by atoms with Crippen molar-refractivity contribution in [2.75, 3.05) is 42.5 Å². The van der Waals surface area contributed by atoms with Gasteiger partial charge in [-0.1, -0.05) is 17.7 Å². The minimum absolute atomic E-state index is 0.0605. The lowest BCUT2D eigenvalue weighted by Gasteiger charge is -2.36. The number of fused-ring (bicyclic) bond motifs is 1. The van der Waals surface area contributed by atoms with Gasteiger partial charge < -0.3 is 14.7 Å². The molecule has 5 rings (SSSR count). The van der Waals surface area contributed by atoms with Gasteiger partial charge in [0.2, 0.25) is 11.8 Å². The maximum absolute atomic E-state index is 13.2. The van der Waals surface area contributed by atoms with Gasteiger partial charge in [-0.05, 0) is 32.4 Å². The summed E-state index contributed by atoms with van der Waals surface area (Å²) in [7, 11) is 1.87. The summed E-state index contributed by atoms with van der Waals surface area (Å²) in [6.07, 6.45) is 2.35. The fourth-order valence-corrected chi connectivity index (χ4v) is 4.60. The van der Waals surface area contributed by atoms with Gasteiger partial charge in [0.25, 0.3) is 0 Å². The molecule has 0 radical (unpaired) electrons. The minimum Gasteiger partial charge on any atom is -0.352 e. The second-order valence-corrected chi connectivity index (χ2v) is 8.58. The Hall–Kier alpha value is -3.49. The van der Waals surface area contributed by atoms with Crippen molar-refractivity contribution in [1.82, 2.24) is 24.6 Å². The van der Waals surface area contributed by atoms with Crippen molar-refractivity contribution in [2.24, 2.45) is 13.0 Å². The predicted octanol–water partition coefficient (Wildman–Crippen LogP) is 1.68. The maximum Gasteiger partial charge on any atom is 0.239 e. The lowest BCUT2D eigenvalue weighted by atomic mass is 10.1. The first kappa shape index (κ1) is 20.4. The van der Waals surface area contributed by atoms with Crippen LogP contribution in [0.3, 0.4) is 0 Å². The molecule has 0 N–H and O–H groups in total. The fraction of sp³-hybridized carbons (Fsp3) is 0.435. The lowest BCUT2D eigenvalue weighted by Crippen LogP contribution is -2.51. The van der Waals surface area contributed by atoms with E-state index in [1.807, 2.05) is 50.1 Å². The molecule has 4 heterocycles. The SMILES string of the molecule is Cc1ccc(N2CCC(C(=O)N3CCN(c4nc(C)nc5c4cnn5C)CC3)C2=O)cc1. The van der Waals surface area contributed by atoms with Crippen molar-refractivity contribution in [3.8, 4) is 0 Å². The van der Waals surface area contributed by atoms with Crippen molar-refractivity contribution in [1.29, 1.82) is 0 Å². The number of hydrogen-bond donors (Lipinski definition) is 0. The van der Waals surface area contributed by atoms with Crippen molar-refractivity contribution in [3.63, 3.8) is 0 Å². The van der Waals surface area contributed by atoms with E-state index in [1.54, 1.807) is 15.8 Å². The molecule has 0 bridgehead atoms. The Morgan fingerprint density at radius 3 is 2.44 bits per heavy atom. The Morgan fingerprint density at radius 2 is 1.72 bits per heavy atom. The quantitative estimate of drug-likeness (QED) is 0.584. The van der Waals surface area contributed by atoms with Gasteiger partial charge >= 0.3 is 0 Å². The molecule has 2 saturated heterocycles. The third kappa shape index (κ3) is 3.47. The average molecular weight is 434 g/mol. The van der Waals surface area contributed by atoms with E-state index in [0.717, 1.165) is 28.1 Å². The van der Waals surface area contributed by atoms with Gasteiger partial charge in [-0.2, -0.15) is 5.10 Å². The van der Waals surface area contributed by atoms with Crippen LogP contribution in [0.2, 0.25) is 0 Å². The van der Waals surface area contributed by atoms with E-state index >= 15 is 0 Å². The van der Waals surface area contributed by atoms with Crippen LogP contribution in [0.25, 0.3) is 11.0 Å². The number of anilines is 2. The molecule has 2 aromatic heterocycles. The van der Waals surface area contributed by atoms with Crippen molar-refractivity contribution >= 4 is 34.4 Å². The van der Waals surface area contributed by atoms with Crippen LogP contribution >= 0.6 is 0 Å². The van der Waals surface area contributed by atoms with E-state index in [9.17, 15) is 9.59 Å². The molecule has 2 aliphatic heterocycles. The van der Waals surface area contributed by atoms with Crippen LogP contribution in [0.1, 0.15) is 17.8 Å². The molecular weight excluding hydrogens is 406 g/mol. The number of piperazine rings is 1. The van der Waals surface area contributed by atoms with Crippen molar-refractivity contribution in [2.45, 2.75) is 20.3 Å². The number of amides is 2. The van der Waals surface area contributed by atoms with E-state index < -0.39 is 5.92 Å². The van der Waals surface area contributed by atoms with Gasteiger partial charge in [0.05, 0.1) is 11.6 Å². The summed E-state index contributed by atoms with van der Waals surface area (Å²) < 4.78 is 1.75. The van der Waals surface area contributed by atoms with Crippen molar-refractivity contribution in [3.05, 3.63) is 41.9 Å². The van der Waals surface area contributed by atoms with Crippen LogP contribution in [0.15, 0.2) is 30.5 Å².